The summed E-state index contributed by atoms with van der Waals surface area (Å²) in [6, 6.07) is 0.158. The fourth-order valence-electron chi connectivity index (χ4n) is 3.02. The third kappa shape index (κ3) is 3.67. The van der Waals surface area contributed by atoms with Gasteiger partial charge in [0.25, 0.3) is 6.43 Å². The van der Waals surface area contributed by atoms with Crippen LogP contribution in [0.4, 0.5) is 8.78 Å². The van der Waals surface area contributed by atoms with Gasteiger partial charge >= 0.3 is 0 Å². The fourth-order valence-corrected chi connectivity index (χ4v) is 3.47. The monoisotopic (exact) mass is 377 g/mol. The molecule has 3 atom stereocenters. The Morgan fingerprint density at radius 3 is 2.73 bits per heavy atom. The number of nitrogens with one attached hydrogen (secondary N) is 1. The molecular formula is C15H22BrF2N3O. The molecule has 2 rings (SSSR count). The predicted molar refractivity (Wildman–Crippen MR) is 83.7 cm³/mol. The van der Waals surface area contributed by atoms with E-state index in [-0.39, 0.29) is 28.7 Å². The van der Waals surface area contributed by atoms with E-state index in [0.717, 1.165) is 12.8 Å². The molecule has 0 spiro atoms. The molecule has 124 valence electrons. The minimum atomic E-state index is -2.66. The van der Waals surface area contributed by atoms with E-state index in [1.54, 1.807) is 6.92 Å². The van der Waals surface area contributed by atoms with Crippen molar-refractivity contribution >= 4 is 21.8 Å². The Kier molecular flexibility index (Phi) is 5.58. The molecule has 4 nitrogen and oxygen atoms in total. The summed E-state index contributed by atoms with van der Waals surface area (Å²) in [5.74, 6) is 0.842. The number of hydrogen-bond acceptors (Lipinski definition) is 2. The molecule has 1 aromatic rings. The summed E-state index contributed by atoms with van der Waals surface area (Å²) in [4.78, 5) is 12.2. The maximum atomic E-state index is 12.8. The molecule has 1 aliphatic carbocycles. The summed E-state index contributed by atoms with van der Waals surface area (Å²) >= 11 is 3.11. The number of alkyl halides is 2. The lowest BCUT2D eigenvalue weighted by Gasteiger charge is -2.34. The number of hydrogen-bond donors (Lipinski definition) is 1. The lowest BCUT2D eigenvalue weighted by atomic mass is 9.78. The van der Waals surface area contributed by atoms with Crippen molar-refractivity contribution in [1.82, 2.24) is 15.1 Å². The second kappa shape index (κ2) is 7.06. The van der Waals surface area contributed by atoms with Crippen molar-refractivity contribution in [2.75, 3.05) is 0 Å². The highest BCUT2D eigenvalue weighted by atomic mass is 79.9. The van der Waals surface area contributed by atoms with Crippen molar-refractivity contribution in [2.45, 2.75) is 59.0 Å². The highest BCUT2D eigenvalue weighted by molar-refractivity contribution is 9.10. The standard InChI is InChI=1S/C15H22BrF2N3O/c1-8-5-4-6-11(9(8)2)19-12(22)7-21-10(3)13(16)14(20-21)15(17)18/h8-9,11,15H,4-7H2,1-3H3,(H,19,22)/t8-,9+,11-/m1/s1. The summed E-state index contributed by atoms with van der Waals surface area (Å²) in [6.45, 7) is 5.99. The number of carbonyl (C=O) groups is 1. The van der Waals surface area contributed by atoms with Crippen LogP contribution in [-0.2, 0) is 11.3 Å². The van der Waals surface area contributed by atoms with Gasteiger partial charge in [0.2, 0.25) is 5.91 Å². The molecule has 0 unspecified atom stereocenters. The smallest absolute Gasteiger partial charge is 0.283 e. The third-order valence-corrected chi connectivity index (χ3v) is 5.69. The van der Waals surface area contributed by atoms with Crippen molar-refractivity contribution < 1.29 is 13.6 Å². The summed E-state index contributed by atoms with van der Waals surface area (Å²) in [6.07, 6.45) is 0.618. The first-order chi connectivity index (χ1) is 10.3. The molecular weight excluding hydrogens is 356 g/mol. The van der Waals surface area contributed by atoms with E-state index in [1.807, 2.05) is 0 Å². The molecule has 0 saturated heterocycles. The maximum absolute atomic E-state index is 12.8. The molecule has 1 saturated carbocycles. The van der Waals surface area contributed by atoms with E-state index in [4.69, 9.17) is 0 Å². The topological polar surface area (TPSA) is 46.9 Å². The van der Waals surface area contributed by atoms with Gasteiger partial charge in [-0.15, -0.1) is 0 Å². The first-order valence-corrected chi connectivity index (χ1v) is 8.40. The molecule has 0 radical (unpaired) electrons. The van der Waals surface area contributed by atoms with Gasteiger partial charge in [0, 0.05) is 6.04 Å². The van der Waals surface area contributed by atoms with Gasteiger partial charge in [-0.05, 0) is 41.1 Å². The van der Waals surface area contributed by atoms with Gasteiger partial charge in [-0.25, -0.2) is 8.78 Å². The molecule has 1 aromatic heterocycles. The zero-order valence-corrected chi connectivity index (χ0v) is 14.7. The van der Waals surface area contributed by atoms with Crippen LogP contribution in [0.2, 0.25) is 0 Å². The Bertz CT molecular complexity index is 547. The second-order valence-electron chi connectivity index (χ2n) is 6.18. The summed E-state index contributed by atoms with van der Waals surface area (Å²) in [5, 5.41) is 6.86. The van der Waals surface area contributed by atoms with E-state index >= 15 is 0 Å². The fraction of sp³-hybridized carbons (Fsp3) is 0.733. The van der Waals surface area contributed by atoms with Crippen molar-refractivity contribution in [3.63, 3.8) is 0 Å². The van der Waals surface area contributed by atoms with Gasteiger partial charge in [0.1, 0.15) is 12.2 Å². The van der Waals surface area contributed by atoms with Crippen LogP contribution in [-0.4, -0.2) is 21.7 Å². The lowest BCUT2D eigenvalue weighted by Crippen LogP contribution is -2.45. The number of amides is 1. The molecule has 22 heavy (non-hydrogen) atoms. The molecule has 1 aliphatic rings. The minimum Gasteiger partial charge on any atom is -0.351 e. The Labute approximate surface area is 137 Å². The summed E-state index contributed by atoms with van der Waals surface area (Å²) in [5.41, 5.74) is 0.223. The molecule has 1 heterocycles. The first kappa shape index (κ1) is 17.4. The highest BCUT2D eigenvalue weighted by Crippen LogP contribution is 2.30. The molecule has 7 heteroatoms. The van der Waals surface area contributed by atoms with Gasteiger partial charge in [-0.2, -0.15) is 5.10 Å². The van der Waals surface area contributed by atoms with Crippen LogP contribution in [0.1, 0.15) is 50.9 Å². The largest absolute Gasteiger partial charge is 0.351 e. The van der Waals surface area contributed by atoms with Gasteiger partial charge in [-0.3, -0.25) is 9.48 Å². The van der Waals surface area contributed by atoms with Crippen LogP contribution < -0.4 is 5.32 Å². The van der Waals surface area contributed by atoms with Crippen LogP contribution in [0.3, 0.4) is 0 Å². The molecule has 1 N–H and O–H groups in total. The number of carbonyl (C=O) groups excluding carboxylic acids is 1. The van der Waals surface area contributed by atoms with Crippen LogP contribution in [0.15, 0.2) is 4.47 Å². The SMILES string of the molecule is Cc1c(Br)c(C(F)F)nn1CC(=O)N[C@@H]1CCC[C@@H](C)[C@@H]1C. The van der Waals surface area contributed by atoms with Crippen LogP contribution in [0.25, 0.3) is 0 Å². The normalized spacial score (nSPS) is 25.5. The van der Waals surface area contributed by atoms with Crippen molar-refractivity contribution in [3.05, 3.63) is 15.9 Å². The zero-order chi connectivity index (χ0) is 16.4. The van der Waals surface area contributed by atoms with Crippen molar-refractivity contribution in [1.29, 1.82) is 0 Å². The van der Waals surface area contributed by atoms with Gasteiger partial charge in [0.05, 0.1) is 10.2 Å². The van der Waals surface area contributed by atoms with Crippen LogP contribution in [0.5, 0.6) is 0 Å². The maximum Gasteiger partial charge on any atom is 0.283 e. The van der Waals surface area contributed by atoms with Gasteiger partial charge in [0.15, 0.2) is 0 Å². The Hall–Kier alpha value is -0.980. The molecule has 1 fully saturated rings. The second-order valence-corrected chi connectivity index (χ2v) is 6.98. The van der Waals surface area contributed by atoms with E-state index in [9.17, 15) is 13.6 Å². The number of halogens is 3. The average Bonchev–Trinajstić information content (AvgIpc) is 2.72. The van der Waals surface area contributed by atoms with E-state index in [1.165, 1.54) is 11.1 Å². The molecule has 0 aromatic carbocycles. The van der Waals surface area contributed by atoms with Crippen LogP contribution >= 0.6 is 15.9 Å². The minimum absolute atomic E-state index is 0.0330. The quantitative estimate of drug-likeness (QED) is 0.866. The number of nitrogens with zero attached hydrogens (tertiary/aromatic N) is 2. The highest BCUT2D eigenvalue weighted by Gasteiger charge is 2.28. The predicted octanol–water partition coefficient (Wildman–Crippen LogP) is 3.83. The third-order valence-electron chi connectivity index (χ3n) is 4.71. The Morgan fingerprint density at radius 1 is 1.45 bits per heavy atom. The molecule has 1 amide bonds. The van der Waals surface area contributed by atoms with E-state index < -0.39 is 6.43 Å². The Balaban J connectivity index is 2.02. The molecule has 0 aliphatic heterocycles. The number of rotatable bonds is 4. The van der Waals surface area contributed by atoms with Crippen molar-refractivity contribution in [2.24, 2.45) is 11.8 Å². The lowest BCUT2D eigenvalue weighted by molar-refractivity contribution is -0.123. The van der Waals surface area contributed by atoms with Gasteiger partial charge in [-0.1, -0.05) is 26.7 Å². The van der Waals surface area contributed by atoms with Crippen molar-refractivity contribution in [3.8, 4) is 0 Å². The summed E-state index contributed by atoms with van der Waals surface area (Å²) < 4.78 is 27.2. The van der Waals surface area contributed by atoms with Crippen LogP contribution in [0, 0.1) is 18.8 Å². The zero-order valence-electron chi connectivity index (χ0n) is 13.1. The van der Waals surface area contributed by atoms with E-state index in [2.05, 4.69) is 40.2 Å². The first-order valence-electron chi connectivity index (χ1n) is 7.61. The molecule has 0 bridgehead atoms. The van der Waals surface area contributed by atoms with E-state index in [0.29, 0.717) is 17.5 Å². The average molecular weight is 378 g/mol. The Morgan fingerprint density at radius 2 is 2.14 bits per heavy atom. The summed E-state index contributed by atoms with van der Waals surface area (Å²) in [7, 11) is 0. The van der Waals surface area contributed by atoms with Gasteiger partial charge < -0.3 is 5.32 Å². The number of aromatic nitrogens is 2.